The molecule has 1 rings (SSSR count). The van der Waals surface area contributed by atoms with E-state index in [4.69, 9.17) is 4.74 Å². The molecule has 0 unspecified atom stereocenters. The molecule has 1 aromatic rings. The Morgan fingerprint density at radius 1 is 1.06 bits per heavy atom. The third-order valence-electron chi connectivity index (χ3n) is 2.44. The highest BCUT2D eigenvalue weighted by molar-refractivity contribution is 6.84. The van der Waals surface area contributed by atoms with E-state index in [0.29, 0.717) is 0 Å². The van der Waals surface area contributed by atoms with E-state index in [1.54, 1.807) is 7.11 Å². The maximum atomic E-state index is 5.18. The van der Waals surface area contributed by atoms with Gasteiger partial charge in [-0.3, -0.25) is 0 Å². The Kier molecular flexibility index (Phi) is 4.81. The van der Waals surface area contributed by atoms with Crippen LogP contribution in [0.1, 0.15) is 19.4 Å². The Labute approximate surface area is 112 Å². The Balaban J connectivity index is 3.14. The minimum absolute atomic E-state index is 0.880. The van der Waals surface area contributed by atoms with E-state index in [0.717, 1.165) is 11.3 Å². The first-order chi connectivity index (χ1) is 8.33. The lowest BCUT2D eigenvalue weighted by Gasteiger charge is -2.07. The lowest BCUT2D eigenvalue weighted by atomic mass is 10.0. The van der Waals surface area contributed by atoms with Crippen molar-refractivity contribution < 1.29 is 4.74 Å². The molecule has 0 aliphatic heterocycles. The molecule has 96 valence electrons. The van der Waals surface area contributed by atoms with E-state index in [9.17, 15) is 0 Å². The number of ether oxygens (including phenoxy) is 1. The summed E-state index contributed by atoms with van der Waals surface area (Å²) in [5.41, 5.74) is 6.99. The SMILES string of the molecule is COc1ccc(C(C#C[Si](C)(C)C)=C(C)C)cc1. The van der Waals surface area contributed by atoms with Gasteiger partial charge in [-0.15, -0.1) is 5.54 Å². The van der Waals surface area contributed by atoms with E-state index in [1.807, 2.05) is 12.1 Å². The topological polar surface area (TPSA) is 9.23 Å². The van der Waals surface area contributed by atoms with Crippen LogP contribution in [0.4, 0.5) is 0 Å². The third kappa shape index (κ3) is 4.42. The number of hydrogen-bond acceptors (Lipinski definition) is 1. The molecular weight excluding hydrogens is 236 g/mol. The molecule has 0 aliphatic carbocycles. The van der Waals surface area contributed by atoms with Gasteiger partial charge in [0.25, 0.3) is 0 Å². The fourth-order valence-electron chi connectivity index (χ4n) is 1.49. The highest BCUT2D eigenvalue weighted by atomic mass is 28.3. The summed E-state index contributed by atoms with van der Waals surface area (Å²) < 4.78 is 5.18. The number of hydrogen-bond donors (Lipinski definition) is 0. The van der Waals surface area contributed by atoms with Crippen molar-refractivity contribution in [1.82, 2.24) is 0 Å². The highest BCUT2D eigenvalue weighted by Gasteiger charge is 2.08. The Hall–Kier alpha value is -1.46. The van der Waals surface area contributed by atoms with Crippen LogP contribution in [0.5, 0.6) is 5.75 Å². The molecule has 0 bridgehead atoms. The van der Waals surface area contributed by atoms with Gasteiger partial charge in [0.15, 0.2) is 0 Å². The maximum absolute atomic E-state index is 5.18. The van der Waals surface area contributed by atoms with Crippen LogP contribution in [-0.2, 0) is 0 Å². The quantitative estimate of drug-likeness (QED) is 0.565. The predicted molar refractivity (Wildman–Crippen MR) is 82.4 cm³/mol. The minimum atomic E-state index is -1.34. The molecule has 0 saturated carbocycles. The molecule has 0 aromatic heterocycles. The predicted octanol–water partition coefficient (Wildman–Crippen LogP) is 4.37. The van der Waals surface area contributed by atoms with E-state index < -0.39 is 8.07 Å². The summed E-state index contributed by atoms with van der Waals surface area (Å²) in [6.45, 7) is 11.0. The number of allylic oxidation sites excluding steroid dienone is 2. The molecule has 0 heterocycles. The molecular formula is C16H22OSi. The lowest BCUT2D eigenvalue weighted by molar-refractivity contribution is 0.415. The first-order valence-corrected chi connectivity index (χ1v) is 9.68. The fraction of sp³-hybridized carbons (Fsp3) is 0.375. The minimum Gasteiger partial charge on any atom is -0.497 e. The Morgan fingerprint density at radius 3 is 2.00 bits per heavy atom. The molecule has 0 N–H and O–H groups in total. The van der Waals surface area contributed by atoms with Crippen LogP contribution in [0.25, 0.3) is 5.57 Å². The van der Waals surface area contributed by atoms with Gasteiger partial charge >= 0.3 is 0 Å². The molecule has 0 spiro atoms. The highest BCUT2D eigenvalue weighted by Crippen LogP contribution is 2.21. The molecule has 0 aliphatic rings. The van der Waals surface area contributed by atoms with Crippen LogP contribution in [-0.4, -0.2) is 15.2 Å². The van der Waals surface area contributed by atoms with Crippen molar-refractivity contribution in [3.63, 3.8) is 0 Å². The van der Waals surface area contributed by atoms with Crippen LogP contribution < -0.4 is 4.74 Å². The molecule has 18 heavy (non-hydrogen) atoms. The summed E-state index contributed by atoms with van der Waals surface area (Å²) in [6.07, 6.45) is 0. The monoisotopic (exact) mass is 258 g/mol. The van der Waals surface area contributed by atoms with Crippen LogP contribution in [0.3, 0.4) is 0 Å². The number of benzene rings is 1. The summed E-state index contributed by atoms with van der Waals surface area (Å²) in [5.74, 6) is 4.24. The summed E-state index contributed by atoms with van der Waals surface area (Å²) in [4.78, 5) is 0. The van der Waals surface area contributed by atoms with E-state index in [1.165, 1.54) is 11.1 Å². The van der Waals surface area contributed by atoms with Crippen LogP contribution in [0.2, 0.25) is 19.6 Å². The number of methoxy groups -OCH3 is 1. The second-order valence-electron chi connectivity index (χ2n) is 5.60. The summed E-state index contributed by atoms with van der Waals surface area (Å²) in [7, 11) is 0.346. The first-order valence-electron chi connectivity index (χ1n) is 6.18. The molecule has 0 radical (unpaired) electrons. The van der Waals surface area contributed by atoms with Gasteiger partial charge in [-0.1, -0.05) is 43.3 Å². The van der Waals surface area contributed by atoms with Crippen molar-refractivity contribution in [2.24, 2.45) is 0 Å². The van der Waals surface area contributed by atoms with Crippen molar-refractivity contribution >= 4 is 13.6 Å². The molecule has 0 saturated heterocycles. The van der Waals surface area contributed by atoms with Gasteiger partial charge in [0.05, 0.1) is 7.11 Å². The number of rotatable bonds is 2. The van der Waals surface area contributed by atoms with Crippen LogP contribution in [0, 0.1) is 11.5 Å². The van der Waals surface area contributed by atoms with Gasteiger partial charge < -0.3 is 4.74 Å². The van der Waals surface area contributed by atoms with Crippen LogP contribution >= 0.6 is 0 Å². The van der Waals surface area contributed by atoms with Gasteiger partial charge in [-0.25, -0.2) is 0 Å². The second kappa shape index (κ2) is 5.93. The third-order valence-corrected chi connectivity index (χ3v) is 3.32. The average molecular weight is 258 g/mol. The van der Waals surface area contributed by atoms with E-state index in [-0.39, 0.29) is 0 Å². The molecule has 0 atom stereocenters. The molecule has 0 amide bonds. The Morgan fingerprint density at radius 2 is 1.61 bits per heavy atom. The molecule has 1 nitrogen and oxygen atoms in total. The van der Waals surface area contributed by atoms with Crippen molar-refractivity contribution in [2.45, 2.75) is 33.5 Å². The van der Waals surface area contributed by atoms with Crippen molar-refractivity contribution in [3.8, 4) is 17.2 Å². The zero-order valence-corrected chi connectivity index (χ0v) is 13.2. The van der Waals surface area contributed by atoms with Gasteiger partial charge in [0.1, 0.15) is 13.8 Å². The molecule has 0 fully saturated rings. The van der Waals surface area contributed by atoms with E-state index in [2.05, 4.69) is 57.1 Å². The van der Waals surface area contributed by atoms with Crippen molar-refractivity contribution in [1.29, 1.82) is 0 Å². The van der Waals surface area contributed by atoms with Crippen LogP contribution in [0.15, 0.2) is 29.8 Å². The van der Waals surface area contributed by atoms with Gasteiger partial charge in [0.2, 0.25) is 0 Å². The smallest absolute Gasteiger partial charge is 0.129 e. The average Bonchev–Trinajstić information content (AvgIpc) is 2.28. The molecule has 2 heteroatoms. The Bertz CT molecular complexity index is 489. The van der Waals surface area contributed by atoms with Gasteiger partial charge in [-0.2, -0.15) is 0 Å². The van der Waals surface area contributed by atoms with E-state index >= 15 is 0 Å². The first kappa shape index (κ1) is 14.6. The fourth-order valence-corrected chi connectivity index (χ4v) is 1.99. The standard InChI is InChI=1S/C16H22OSi/c1-13(2)16(11-12-18(4,5)6)14-7-9-15(17-3)10-8-14/h7-10H,1-6H3. The second-order valence-corrected chi connectivity index (χ2v) is 10.4. The summed E-state index contributed by atoms with van der Waals surface area (Å²) >= 11 is 0. The summed E-state index contributed by atoms with van der Waals surface area (Å²) in [6, 6.07) is 8.10. The summed E-state index contributed by atoms with van der Waals surface area (Å²) in [5, 5.41) is 0. The maximum Gasteiger partial charge on any atom is 0.129 e. The van der Waals surface area contributed by atoms with Crippen molar-refractivity contribution in [3.05, 3.63) is 35.4 Å². The largest absolute Gasteiger partial charge is 0.497 e. The van der Waals surface area contributed by atoms with Gasteiger partial charge in [-0.05, 0) is 31.5 Å². The lowest BCUT2D eigenvalue weighted by Crippen LogP contribution is -2.16. The normalized spacial score (nSPS) is 10.3. The zero-order valence-electron chi connectivity index (χ0n) is 12.2. The zero-order chi connectivity index (χ0) is 13.8. The van der Waals surface area contributed by atoms with Crippen molar-refractivity contribution in [2.75, 3.05) is 7.11 Å². The molecule has 1 aromatic carbocycles. The van der Waals surface area contributed by atoms with Gasteiger partial charge in [0, 0.05) is 5.57 Å².